The zero-order valence-electron chi connectivity index (χ0n) is 11.9. The van der Waals surface area contributed by atoms with Gasteiger partial charge in [-0.2, -0.15) is 0 Å². The fourth-order valence-corrected chi connectivity index (χ4v) is 2.76. The van der Waals surface area contributed by atoms with E-state index in [4.69, 9.17) is 4.74 Å². The molecule has 1 fully saturated rings. The first kappa shape index (κ1) is 18.1. The van der Waals surface area contributed by atoms with E-state index in [0.29, 0.717) is 25.0 Å². The molecule has 118 valence electrons. The summed E-state index contributed by atoms with van der Waals surface area (Å²) >= 11 is 0. The van der Waals surface area contributed by atoms with Crippen molar-refractivity contribution in [1.29, 1.82) is 0 Å². The predicted molar refractivity (Wildman–Crippen MR) is 83.0 cm³/mol. The van der Waals surface area contributed by atoms with Crippen LogP contribution in [-0.2, 0) is 14.6 Å². The molecule has 0 amide bonds. The number of morpholine rings is 1. The quantitative estimate of drug-likeness (QED) is 0.826. The molecule has 0 aromatic heterocycles. The van der Waals surface area contributed by atoms with Crippen LogP contribution in [0.1, 0.15) is 23.2 Å². The van der Waals surface area contributed by atoms with Crippen LogP contribution in [0.5, 0.6) is 0 Å². The molecule has 0 spiro atoms. The average molecular weight is 334 g/mol. The van der Waals surface area contributed by atoms with E-state index < -0.39 is 9.84 Å². The number of nitrogens with one attached hydrogen (secondary N) is 1. The maximum Gasteiger partial charge on any atom is 0.175 e. The monoisotopic (exact) mass is 333 g/mol. The molecule has 0 saturated carbocycles. The second-order valence-corrected chi connectivity index (χ2v) is 6.97. The number of hydrogen-bond donors (Lipinski definition) is 1. The number of halogens is 1. The van der Waals surface area contributed by atoms with Crippen LogP contribution in [0.4, 0.5) is 0 Å². The van der Waals surface area contributed by atoms with Crippen molar-refractivity contribution in [2.75, 3.05) is 26.0 Å². The first-order valence-corrected chi connectivity index (χ1v) is 8.51. The number of benzene rings is 1. The number of ketones is 1. The molecule has 1 aliphatic heterocycles. The predicted octanol–water partition coefficient (Wildman–Crippen LogP) is 1.46. The van der Waals surface area contributed by atoms with Gasteiger partial charge in [0.05, 0.1) is 17.6 Å². The van der Waals surface area contributed by atoms with Crippen LogP contribution < -0.4 is 5.32 Å². The molecule has 1 aromatic carbocycles. The van der Waals surface area contributed by atoms with Gasteiger partial charge in [0.2, 0.25) is 0 Å². The van der Waals surface area contributed by atoms with Crippen molar-refractivity contribution in [2.24, 2.45) is 0 Å². The number of carbonyl (C=O) groups is 1. The highest BCUT2D eigenvalue weighted by atomic mass is 35.5. The normalized spacial score (nSPS) is 18.8. The van der Waals surface area contributed by atoms with Crippen LogP contribution in [-0.4, -0.2) is 46.3 Å². The minimum atomic E-state index is -3.21. The van der Waals surface area contributed by atoms with Gasteiger partial charge in [0.25, 0.3) is 0 Å². The van der Waals surface area contributed by atoms with Crippen LogP contribution in [0.2, 0.25) is 0 Å². The van der Waals surface area contributed by atoms with E-state index in [9.17, 15) is 13.2 Å². The van der Waals surface area contributed by atoms with Crippen molar-refractivity contribution < 1.29 is 17.9 Å². The minimum absolute atomic E-state index is 0. The highest BCUT2D eigenvalue weighted by Gasteiger charge is 2.16. The molecular weight excluding hydrogens is 314 g/mol. The van der Waals surface area contributed by atoms with E-state index in [1.165, 1.54) is 12.1 Å². The van der Waals surface area contributed by atoms with Crippen LogP contribution in [0.3, 0.4) is 0 Å². The van der Waals surface area contributed by atoms with Gasteiger partial charge in [-0.25, -0.2) is 8.42 Å². The Labute approximate surface area is 131 Å². The molecule has 1 aliphatic rings. The van der Waals surface area contributed by atoms with E-state index in [1.807, 2.05) is 0 Å². The maximum atomic E-state index is 12.0. The Morgan fingerprint density at radius 1 is 1.33 bits per heavy atom. The molecule has 1 unspecified atom stereocenters. The van der Waals surface area contributed by atoms with Crippen LogP contribution in [0, 0.1) is 0 Å². The second kappa shape index (κ2) is 7.89. The first-order chi connectivity index (χ1) is 9.47. The average Bonchev–Trinajstić information content (AvgIpc) is 2.45. The standard InChI is InChI=1S/C14H19NO4S.ClH/c1-20(17,18)13-5-2-11(3-6-13)14(16)7-4-12-10-15-8-9-19-12;/h2-3,5-6,12,15H,4,7-10H2,1H3;1H. The summed E-state index contributed by atoms with van der Waals surface area (Å²) in [5, 5.41) is 3.22. The Hall–Kier alpha value is -0.950. The van der Waals surface area contributed by atoms with Gasteiger partial charge < -0.3 is 10.1 Å². The lowest BCUT2D eigenvalue weighted by Crippen LogP contribution is -2.38. The number of sulfone groups is 1. The van der Waals surface area contributed by atoms with Crippen molar-refractivity contribution in [3.05, 3.63) is 29.8 Å². The fraction of sp³-hybridized carbons (Fsp3) is 0.500. The zero-order valence-corrected chi connectivity index (χ0v) is 13.5. The molecule has 1 aromatic rings. The molecule has 2 rings (SSSR count). The summed E-state index contributed by atoms with van der Waals surface area (Å²) in [5.41, 5.74) is 0.543. The third kappa shape index (κ3) is 5.39. The van der Waals surface area contributed by atoms with Crippen LogP contribution in [0.25, 0.3) is 0 Å². The fourth-order valence-electron chi connectivity index (χ4n) is 2.13. The number of carbonyl (C=O) groups excluding carboxylic acids is 1. The van der Waals surface area contributed by atoms with E-state index in [-0.39, 0.29) is 29.2 Å². The Morgan fingerprint density at radius 2 is 2.00 bits per heavy atom. The highest BCUT2D eigenvalue weighted by Crippen LogP contribution is 2.14. The third-order valence-electron chi connectivity index (χ3n) is 3.30. The van der Waals surface area contributed by atoms with E-state index in [1.54, 1.807) is 12.1 Å². The number of Topliss-reactive ketones (excluding diaryl/α,β-unsaturated/α-hetero) is 1. The Morgan fingerprint density at radius 3 is 2.52 bits per heavy atom. The van der Waals surface area contributed by atoms with Crippen molar-refractivity contribution in [3.63, 3.8) is 0 Å². The summed E-state index contributed by atoms with van der Waals surface area (Å²) in [5.74, 6) is 0.0132. The summed E-state index contributed by atoms with van der Waals surface area (Å²) in [6.45, 7) is 2.32. The molecule has 0 aliphatic carbocycles. The van der Waals surface area contributed by atoms with Gasteiger partial charge in [-0.1, -0.05) is 12.1 Å². The lowest BCUT2D eigenvalue weighted by molar-refractivity contribution is 0.0224. The van der Waals surface area contributed by atoms with Crippen molar-refractivity contribution in [1.82, 2.24) is 5.32 Å². The summed E-state index contributed by atoms with van der Waals surface area (Å²) in [4.78, 5) is 12.3. The molecule has 0 bridgehead atoms. The molecule has 1 heterocycles. The molecule has 7 heteroatoms. The number of rotatable bonds is 5. The highest BCUT2D eigenvalue weighted by molar-refractivity contribution is 7.90. The van der Waals surface area contributed by atoms with Crippen molar-refractivity contribution >= 4 is 28.0 Å². The van der Waals surface area contributed by atoms with E-state index >= 15 is 0 Å². The zero-order chi connectivity index (χ0) is 14.6. The molecule has 1 atom stereocenters. The van der Waals surface area contributed by atoms with Crippen molar-refractivity contribution in [2.45, 2.75) is 23.8 Å². The molecule has 1 saturated heterocycles. The minimum Gasteiger partial charge on any atom is -0.376 e. The smallest absolute Gasteiger partial charge is 0.175 e. The van der Waals surface area contributed by atoms with Gasteiger partial charge in [-0.05, 0) is 18.6 Å². The summed E-state index contributed by atoms with van der Waals surface area (Å²) in [7, 11) is -3.21. The van der Waals surface area contributed by atoms with Gasteiger partial charge >= 0.3 is 0 Å². The van der Waals surface area contributed by atoms with Crippen LogP contribution in [0.15, 0.2) is 29.2 Å². The first-order valence-electron chi connectivity index (χ1n) is 6.62. The second-order valence-electron chi connectivity index (χ2n) is 4.96. The SMILES string of the molecule is CS(=O)(=O)c1ccc(C(=O)CCC2CNCCO2)cc1.Cl. The van der Waals surface area contributed by atoms with Gasteiger partial charge in [0.1, 0.15) is 0 Å². The van der Waals surface area contributed by atoms with E-state index in [0.717, 1.165) is 19.3 Å². The van der Waals surface area contributed by atoms with Gasteiger partial charge in [-0.3, -0.25) is 4.79 Å². The maximum absolute atomic E-state index is 12.0. The Balaban J connectivity index is 0.00000220. The molecule has 21 heavy (non-hydrogen) atoms. The molecule has 5 nitrogen and oxygen atoms in total. The summed E-state index contributed by atoms with van der Waals surface area (Å²) in [6, 6.07) is 6.08. The van der Waals surface area contributed by atoms with Gasteiger partial charge in [0.15, 0.2) is 15.6 Å². The number of ether oxygens (including phenoxy) is 1. The summed E-state index contributed by atoms with van der Waals surface area (Å²) < 4.78 is 28.2. The Bertz CT molecular complexity index is 565. The molecule has 1 N–H and O–H groups in total. The molecule has 0 radical (unpaired) electrons. The third-order valence-corrected chi connectivity index (χ3v) is 4.43. The number of hydrogen-bond acceptors (Lipinski definition) is 5. The van der Waals surface area contributed by atoms with Crippen LogP contribution >= 0.6 is 12.4 Å². The Kier molecular flexibility index (Phi) is 6.80. The van der Waals surface area contributed by atoms with E-state index in [2.05, 4.69) is 5.32 Å². The summed E-state index contributed by atoms with van der Waals surface area (Å²) in [6.07, 6.45) is 2.32. The lowest BCUT2D eigenvalue weighted by Gasteiger charge is -2.23. The molecular formula is C14H20ClNO4S. The van der Waals surface area contributed by atoms with Gasteiger partial charge in [0, 0.05) is 31.3 Å². The topological polar surface area (TPSA) is 72.5 Å². The lowest BCUT2D eigenvalue weighted by atomic mass is 10.0. The largest absolute Gasteiger partial charge is 0.376 e. The van der Waals surface area contributed by atoms with Gasteiger partial charge in [-0.15, -0.1) is 12.4 Å². The van der Waals surface area contributed by atoms with Crippen molar-refractivity contribution in [3.8, 4) is 0 Å².